The number of carbonyl (C=O) groups is 3. The molecule has 2 rings (SSSR count). The quantitative estimate of drug-likeness (QED) is 0.475. The number of rotatable bonds is 10. The van der Waals surface area contributed by atoms with E-state index in [2.05, 4.69) is 10.6 Å². The van der Waals surface area contributed by atoms with E-state index in [0.717, 1.165) is 0 Å². The summed E-state index contributed by atoms with van der Waals surface area (Å²) in [4.78, 5) is 35.5. The van der Waals surface area contributed by atoms with Crippen LogP contribution in [0.15, 0.2) is 23.1 Å². The predicted octanol–water partition coefficient (Wildman–Crippen LogP) is 1.40. The number of amides is 2. The van der Waals surface area contributed by atoms with E-state index in [1.54, 1.807) is 0 Å². The lowest BCUT2D eigenvalue weighted by Crippen LogP contribution is -2.40. The van der Waals surface area contributed by atoms with Crippen molar-refractivity contribution in [3.05, 3.63) is 23.2 Å². The number of hydrogen-bond acceptors (Lipinski definition) is 7. The minimum atomic E-state index is -3.77. The number of nitrogens with one attached hydrogen (secondary N) is 2. The van der Waals surface area contributed by atoms with Gasteiger partial charge in [-0.05, 0) is 30.5 Å². The Bertz CT molecular complexity index is 931. The lowest BCUT2D eigenvalue weighted by atomic mass is 10.1. The van der Waals surface area contributed by atoms with Crippen LogP contribution < -0.4 is 10.6 Å². The van der Waals surface area contributed by atoms with E-state index in [1.165, 1.54) is 22.5 Å². The maximum Gasteiger partial charge on any atom is 0.325 e. The summed E-state index contributed by atoms with van der Waals surface area (Å²) >= 11 is 6.08. The summed E-state index contributed by atoms with van der Waals surface area (Å²) in [6.07, 6.45) is 0.998. The highest BCUT2D eigenvalue weighted by atomic mass is 35.5. The summed E-state index contributed by atoms with van der Waals surface area (Å²) in [5.74, 6) is -1.38. The van der Waals surface area contributed by atoms with Gasteiger partial charge in [-0.15, -0.1) is 0 Å². The Morgan fingerprint density at radius 1 is 1.19 bits per heavy atom. The van der Waals surface area contributed by atoms with E-state index in [-0.39, 0.29) is 41.1 Å². The van der Waals surface area contributed by atoms with Crippen molar-refractivity contribution in [2.75, 3.05) is 44.8 Å². The van der Waals surface area contributed by atoms with E-state index in [0.29, 0.717) is 32.0 Å². The van der Waals surface area contributed by atoms with Crippen molar-refractivity contribution in [2.45, 2.75) is 31.6 Å². The lowest BCUT2D eigenvalue weighted by Gasteiger charge is -2.26. The van der Waals surface area contributed by atoms with Gasteiger partial charge in [-0.3, -0.25) is 14.4 Å². The second-order valence-corrected chi connectivity index (χ2v) is 9.92. The first-order valence-electron chi connectivity index (χ1n) is 10.2. The molecule has 0 radical (unpaired) electrons. The molecule has 0 atom stereocenters. The van der Waals surface area contributed by atoms with Crippen molar-refractivity contribution in [1.29, 1.82) is 0 Å². The lowest BCUT2D eigenvalue weighted by molar-refractivity contribution is -0.147. The average molecular weight is 490 g/mol. The van der Waals surface area contributed by atoms with E-state index in [9.17, 15) is 22.8 Å². The Kier molecular flexibility index (Phi) is 9.88. The van der Waals surface area contributed by atoms with Crippen LogP contribution in [0.4, 0.5) is 5.69 Å². The van der Waals surface area contributed by atoms with Crippen molar-refractivity contribution in [2.24, 2.45) is 5.92 Å². The van der Waals surface area contributed by atoms with Crippen molar-refractivity contribution in [1.82, 2.24) is 9.62 Å². The summed E-state index contributed by atoms with van der Waals surface area (Å²) < 4.78 is 36.9. The summed E-state index contributed by atoms with van der Waals surface area (Å²) in [6.45, 7) is 4.09. The first-order valence-corrected chi connectivity index (χ1v) is 12.0. The maximum atomic E-state index is 12.8. The first kappa shape index (κ1) is 26.0. The SMILES string of the molecule is CC(C)CCC(=O)NCC(=O)OCC(=O)Nc1cc(S(=O)(=O)N2CCOCC2)ccc1Cl. The molecule has 2 amide bonds. The molecule has 1 aromatic rings. The smallest absolute Gasteiger partial charge is 0.325 e. The monoisotopic (exact) mass is 489 g/mol. The Balaban J connectivity index is 1.88. The Morgan fingerprint density at radius 2 is 1.88 bits per heavy atom. The molecule has 12 heteroatoms. The van der Waals surface area contributed by atoms with Crippen LogP contribution in [-0.4, -0.2) is 70.0 Å². The molecule has 0 aliphatic carbocycles. The second-order valence-electron chi connectivity index (χ2n) is 7.58. The molecule has 0 bridgehead atoms. The third-order valence-electron chi connectivity index (χ3n) is 4.56. The minimum Gasteiger partial charge on any atom is -0.454 e. The fraction of sp³-hybridized carbons (Fsp3) is 0.550. The molecule has 0 aromatic heterocycles. The van der Waals surface area contributed by atoms with Gasteiger partial charge in [0.25, 0.3) is 5.91 Å². The van der Waals surface area contributed by atoms with E-state index in [1.807, 2.05) is 13.8 Å². The fourth-order valence-corrected chi connectivity index (χ4v) is 4.36. The van der Waals surface area contributed by atoms with Gasteiger partial charge in [-0.1, -0.05) is 25.4 Å². The third-order valence-corrected chi connectivity index (χ3v) is 6.79. The van der Waals surface area contributed by atoms with Gasteiger partial charge in [0.1, 0.15) is 6.54 Å². The number of sulfonamides is 1. The van der Waals surface area contributed by atoms with Crippen LogP contribution in [0, 0.1) is 5.92 Å². The Morgan fingerprint density at radius 3 is 2.53 bits per heavy atom. The van der Waals surface area contributed by atoms with Gasteiger partial charge >= 0.3 is 5.97 Å². The molecule has 0 unspecified atom stereocenters. The highest BCUT2D eigenvalue weighted by Crippen LogP contribution is 2.27. The molecular formula is C20H28ClN3O7S. The van der Waals surface area contributed by atoms with Gasteiger partial charge in [0.2, 0.25) is 15.9 Å². The molecule has 1 heterocycles. The molecule has 1 aliphatic rings. The summed E-state index contributed by atoms with van der Waals surface area (Å²) in [6, 6.07) is 3.97. The topological polar surface area (TPSA) is 131 Å². The molecule has 1 aromatic carbocycles. The molecule has 32 heavy (non-hydrogen) atoms. The number of halogens is 1. The summed E-state index contributed by atoms with van der Waals surface area (Å²) in [7, 11) is -3.77. The van der Waals surface area contributed by atoms with Crippen molar-refractivity contribution in [3.63, 3.8) is 0 Å². The predicted molar refractivity (Wildman–Crippen MR) is 118 cm³/mol. The average Bonchev–Trinajstić information content (AvgIpc) is 2.76. The number of esters is 1. The number of morpholine rings is 1. The van der Waals surface area contributed by atoms with Gasteiger partial charge in [0.15, 0.2) is 6.61 Å². The highest BCUT2D eigenvalue weighted by Gasteiger charge is 2.27. The van der Waals surface area contributed by atoms with E-state index >= 15 is 0 Å². The molecular weight excluding hydrogens is 462 g/mol. The first-order chi connectivity index (χ1) is 15.1. The molecule has 1 aliphatic heterocycles. The van der Waals surface area contributed by atoms with Crippen LogP contribution in [-0.2, 0) is 33.9 Å². The third kappa shape index (κ3) is 8.05. The summed E-state index contributed by atoms with van der Waals surface area (Å²) in [5.41, 5.74) is 0.0732. The zero-order valence-corrected chi connectivity index (χ0v) is 19.6. The number of benzene rings is 1. The standard InChI is InChI=1S/C20H28ClN3O7S/c1-14(2)3-6-18(25)22-12-20(27)31-13-19(26)23-17-11-15(4-5-16(17)21)32(28,29)24-7-9-30-10-8-24/h4-5,11,14H,3,6-10,12-13H2,1-2H3,(H,22,25)(H,23,26). The van der Waals surface area contributed by atoms with Gasteiger partial charge in [0, 0.05) is 19.5 Å². The van der Waals surface area contributed by atoms with Gasteiger partial charge in [0.05, 0.1) is 28.8 Å². The van der Waals surface area contributed by atoms with E-state index in [4.69, 9.17) is 21.1 Å². The normalized spacial score (nSPS) is 14.8. The van der Waals surface area contributed by atoms with Gasteiger partial charge in [-0.25, -0.2) is 8.42 Å². The van der Waals surface area contributed by atoms with Crippen LogP contribution >= 0.6 is 11.6 Å². The molecule has 1 fully saturated rings. The largest absolute Gasteiger partial charge is 0.454 e. The molecule has 0 spiro atoms. The number of hydrogen-bond donors (Lipinski definition) is 2. The minimum absolute atomic E-state index is 0.0276. The van der Waals surface area contributed by atoms with Crippen LogP contribution in [0.3, 0.4) is 0 Å². The van der Waals surface area contributed by atoms with Crippen molar-refractivity contribution in [3.8, 4) is 0 Å². The van der Waals surface area contributed by atoms with Crippen LogP contribution in [0.2, 0.25) is 5.02 Å². The zero-order valence-electron chi connectivity index (χ0n) is 18.1. The summed E-state index contributed by atoms with van der Waals surface area (Å²) in [5, 5.41) is 4.99. The second kappa shape index (κ2) is 12.1. The number of carbonyl (C=O) groups excluding carboxylic acids is 3. The highest BCUT2D eigenvalue weighted by molar-refractivity contribution is 7.89. The molecule has 0 saturated carbocycles. The van der Waals surface area contributed by atoms with E-state index < -0.39 is 28.5 Å². The Hall–Kier alpha value is -2.21. The van der Waals surface area contributed by atoms with Crippen molar-refractivity contribution >= 4 is 45.1 Å². The number of ether oxygens (including phenoxy) is 2. The van der Waals surface area contributed by atoms with Crippen LogP contribution in [0.1, 0.15) is 26.7 Å². The molecule has 1 saturated heterocycles. The van der Waals surface area contributed by atoms with Crippen LogP contribution in [0.5, 0.6) is 0 Å². The van der Waals surface area contributed by atoms with Gasteiger partial charge < -0.3 is 20.1 Å². The Labute approximate surface area is 192 Å². The van der Waals surface area contributed by atoms with Crippen LogP contribution in [0.25, 0.3) is 0 Å². The number of anilines is 1. The molecule has 10 nitrogen and oxygen atoms in total. The fourth-order valence-electron chi connectivity index (χ4n) is 2.76. The van der Waals surface area contributed by atoms with Crippen molar-refractivity contribution < 1.29 is 32.3 Å². The van der Waals surface area contributed by atoms with Gasteiger partial charge in [-0.2, -0.15) is 4.31 Å². The molecule has 178 valence electrons. The zero-order chi connectivity index (χ0) is 23.7. The molecule has 2 N–H and O–H groups in total. The number of nitrogens with zero attached hydrogens (tertiary/aromatic N) is 1. The maximum absolute atomic E-state index is 12.8.